The molecule has 0 aromatic heterocycles. The summed E-state index contributed by atoms with van der Waals surface area (Å²) >= 11 is 0. The molecule has 0 radical (unpaired) electrons. The summed E-state index contributed by atoms with van der Waals surface area (Å²) in [5, 5.41) is 20.0. The Hall–Kier alpha value is -3.27. The number of ketones is 1. The van der Waals surface area contributed by atoms with Gasteiger partial charge in [-0.1, -0.05) is 36.4 Å². The van der Waals surface area contributed by atoms with Crippen molar-refractivity contribution in [2.75, 3.05) is 0 Å². The average molecular weight is 306 g/mol. The van der Waals surface area contributed by atoms with Gasteiger partial charge in [-0.05, 0) is 36.4 Å². The number of hydrogen-bond donors (Lipinski definition) is 2. The van der Waals surface area contributed by atoms with Crippen LogP contribution in [0.15, 0.2) is 72.8 Å². The zero-order chi connectivity index (χ0) is 16.2. The summed E-state index contributed by atoms with van der Waals surface area (Å²) in [5.74, 6) is -0.0842. The fourth-order valence-corrected chi connectivity index (χ4v) is 2.25. The molecule has 0 spiro atoms. The highest BCUT2D eigenvalue weighted by atomic mass is 16.5. The molecule has 4 heteroatoms. The SMILES string of the molecule is O=C(c1ccccc1O)c1c(O)cccc1Oc1ccccc1. The van der Waals surface area contributed by atoms with E-state index in [-0.39, 0.29) is 28.4 Å². The van der Waals surface area contributed by atoms with E-state index in [0.717, 1.165) is 0 Å². The van der Waals surface area contributed by atoms with Crippen LogP contribution in [-0.2, 0) is 0 Å². The number of hydrogen-bond acceptors (Lipinski definition) is 4. The molecule has 3 rings (SSSR count). The number of aromatic hydroxyl groups is 2. The van der Waals surface area contributed by atoms with Crippen LogP contribution in [0.2, 0.25) is 0 Å². The zero-order valence-corrected chi connectivity index (χ0v) is 12.1. The molecule has 0 aliphatic carbocycles. The molecule has 0 fully saturated rings. The molecule has 23 heavy (non-hydrogen) atoms. The first-order valence-electron chi connectivity index (χ1n) is 7.04. The Morgan fingerprint density at radius 3 is 2.13 bits per heavy atom. The van der Waals surface area contributed by atoms with E-state index in [9.17, 15) is 15.0 Å². The van der Waals surface area contributed by atoms with E-state index in [0.29, 0.717) is 5.75 Å². The topological polar surface area (TPSA) is 66.8 Å². The summed E-state index contributed by atoms with van der Waals surface area (Å²) < 4.78 is 5.71. The monoisotopic (exact) mass is 306 g/mol. The first-order chi connectivity index (χ1) is 11.2. The number of benzene rings is 3. The van der Waals surface area contributed by atoms with Gasteiger partial charge in [-0.3, -0.25) is 4.79 Å². The third-order valence-electron chi connectivity index (χ3n) is 3.35. The van der Waals surface area contributed by atoms with Gasteiger partial charge in [0, 0.05) is 0 Å². The molecule has 0 unspecified atom stereocenters. The zero-order valence-electron chi connectivity index (χ0n) is 12.1. The maximum atomic E-state index is 12.7. The van der Waals surface area contributed by atoms with E-state index < -0.39 is 5.78 Å². The quantitative estimate of drug-likeness (QED) is 0.711. The molecule has 0 aliphatic rings. The number of carbonyl (C=O) groups is 1. The van der Waals surface area contributed by atoms with Gasteiger partial charge in [0.25, 0.3) is 0 Å². The molecule has 3 aromatic rings. The van der Waals surface area contributed by atoms with E-state index >= 15 is 0 Å². The van der Waals surface area contributed by atoms with Crippen LogP contribution in [0.3, 0.4) is 0 Å². The summed E-state index contributed by atoms with van der Waals surface area (Å²) in [6.07, 6.45) is 0. The van der Waals surface area contributed by atoms with E-state index in [1.54, 1.807) is 36.4 Å². The van der Waals surface area contributed by atoms with Crippen molar-refractivity contribution >= 4 is 5.78 Å². The second-order valence-corrected chi connectivity index (χ2v) is 4.91. The van der Waals surface area contributed by atoms with Crippen molar-refractivity contribution in [2.24, 2.45) is 0 Å². The molecule has 0 heterocycles. The van der Waals surface area contributed by atoms with Gasteiger partial charge in [0.1, 0.15) is 28.6 Å². The van der Waals surface area contributed by atoms with Crippen molar-refractivity contribution in [3.05, 3.63) is 83.9 Å². The lowest BCUT2D eigenvalue weighted by atomic mass is 10.0. The Labute approximate surface area is 133 Å². The van der Waals surface area contributed by atoms with Crippen LogP contribution in [-0.4, -0.2) is 16.0 Å². The number of rotatable bonds is 4. The highest BCUT2D eigenvalue weighted by molar-refractivity contribution is 6.13. The van der Waals surface area contributed by atoms with Gasteiger partial charge < -0.3 is 14.9 Å². The third-order valence-corrected chi connectivity index (χ3v) is 3.35. The van der Waals surface area contributed by atoms with Gasteiger partial charge in [0.2, 0.25) is 5.78 Å². The van der Waals surface area contributed by atoms with Gasteiger partial charge in [0.15, 0.2) is 0 Å². The van der Waals surface area contributed by atoms with Crippen LogP contribution in [0.1, 0.15) is 15.9 Å². The van der Waals surface area contributed by atoms with Crippen molar-refractivity contribution < 1.29 is 19.7 Å². The molecule has 0 saturated carbocycles. The van der Waals surface area contributed by atoms with Crippen molar-refractivity contribution in [1.82, 2.24) is 0 Å². The molecule has 0 aliphatic heterocycles. The maximum absolute atomic E-state index is 12.7. The fourth-order valence-electron chi connectivity index (χ4n) is 2.25. The summed E-state index contributed by atoms with van der Waals surface area (Å²) in [6, 6.07) is 19.7. The standard InChI is InChI=1S/C19H14O4/c20-15-10-5-4-9-14(15)19(22)18-16(21)11-6-12-17(18)23-13-7-2-1-3-8-13/h1-12,20-21H. The smallest absolute Gasteiger partial charge is 0.204 e. The molecule has 0 amide bonds. The lowest BCUT2D eigenvalue weighted by Crippen LogP contribution is -2.04. The van der Waals surface area contributed by atoms with Crippen LogP contribution in [0.4, 0.5) is 0 Å². The number of phenols is 2. The predicted octanol–water partition coefficient (Wildman–Crippen LogP) is 4.12. The fraction of sp³-hybridized carbons (Fsp3) is 0. The van der Waals surface area contributed by atoms with Crippen molar-refractivity contribution in [3.8, 4) is 23.0 Å². The summed E-state index contributed by atoms with van der Waals surface area (Å²) in [6.45, 7) is 0. The summed E-state index contributed by atoms with van der Waals surface area (Å²) in [5.41, 5.74) is 0.116. The Balaban J connectivity index is 2.05. The largest absolute Gasteiger partial charge is 0.507 e. The Bertz CT molecular complexity index is 841. The molecule has 0 saturated heterocycles. The van der Waals surface area contributed by atoms with Crippen LogP contribution in [0, 0.1) is 0 Å². The van der Waals surface area contributed by atoms with E-state index in [4.69, 9.17) is 4.74 Å². The normalized spacial score (nSPS) is 10.3. The van der Waals surface area contributed by atoms with E-state index in [2.05, 4.69) is 0 Å². The van der Waals surface area contributed by atoms with Crippen LogP contribution < -0.4 is 4.74 Å². The van der Waals surface area contributed by atoms with Crippen molar-refractivity contribution in [3.63, 3.8) is 0 Å². The molecule has 114 valence electrons. The predicted molar refractivity (Wildman–Crippen MR) is 86.2 cm³/mol. The van der Waals surface area contributed by atoms with Crippen molar-refractivity contribution in [2.45, 2.75) is 0 Å². The summed E-state index contributed by atoms with van der Waals surface area (Å²) in [7, 11) is 0. The minimum atomic E-state index is -0.507. The number of phenolic OH excluding ortho intramolecular Hbond substituents is 2. The number of carbonyl (C=O) groups excluding carboxylic acids is 1. The second-order valence-electron chi connectivity index (χ2n) is 4.91. The van der Waals surface area contributed by atoms with Gasteiger partial charge >= 0.3 is 0 Å². The van der Waals surface area contributed by atoms with Gasteiger partial charge in [-0.15, -0.1) is 0 Å². The first kappa shape index (κ1) is 14.7. The molecular formula is C19H14O4. The maximum Gasteiger partial charge on any atom is 0.204 e. The van der Waals surface area contributed by atoms with Crippen molar-refractivity contribution in [1.29, 1.82) is 0 Å². The molecule has 0 atom stereocenters. The minimum absolute atomic E-state index is 0.0119. The molecule has 0 bridgehead atoms. The third kappa shape index (κ3) is 3.01. The second kappa shape index (κ2) is 6.23. The summed E-state index contributed by atoms with van der Waals surface area (Å²) in [4.78, 5) is 12.7. The Kier molecular flexibility index (Phi) is 3.97. The Morgan fingerprint density at radius 1 is 0.739 bits per heavy atom. The van der Waals surface area contributed by atoms with Gasteiger partial charge in [0.05, 0.1) is 5.56 Å². The van der Waals surface area contributed by atoms with Crippen LogP contribution >= 0.6 is 0 Å². The van der Waals surface area contributed by atoms with E-state index in [1.165, 1.54) is 18.2 Å². The number of ether oxygens (including phenoxy) is 1. The van der Waals surface area contributed by atoms with Crippen LogP contribution in [0.5, 0.6) is 23.0 Å². The number of para-hydroxylation sites is 2. The molecule has 2 N–H and O–H groups in total. The highest BCUT2D eigenvalue weighted by Crippen LogP contribution is 2.34. The van der Waals surface area contributed by atoms with Gasteiger partial charge in [-0.25, -0.2) is 0 Å². The Morgan fingerprint density at radius 2 is 1.39 bits per heavy atom. The first-order valence-corrected chi connectivity index (χ1v) is 7.04. The molecule has 3 aromatic carbocycles. The van der Waals surface area contributed by atoms with E-state index in [1.807, 2.05) is 18.2 Å². The lowest BCUT2D eigenvalue weighted by molar-refractivity contribution is 0.103. The lowest BCUT2D eigenvalue weighted by Gasteiger charge is -2.12. The van der Waals surface area contributed by atoms with Crippen LogP contribution in [0.25, 0.3) is 0 Å². The molecule has 4 nitrogen and oxygen atoms in total. The minimum Gasteiger partial charge on any atom is -0.507 e. The van der Waals surface area contributed by atoms with Gasteiger partial charge in [-0.2, -0.15) is 0 Å². The highest BCUT2D eigenvalue weighted by Gasteiger charge is 2.21. The molecular weight excluding hydrogens is 292 g/mol. The average Bonchev–Trinajstić information content (AvgIpc) is 2.56.